The molecule has 1 aromatic carbocycles. The van der Waals surface area contributed by atoms with E-state index in [0.717, 1.165) is 16.9 Å². The highest BCUT2D eigenvalue weighted by Gasteiger charge is 2.14. The minimum Gasteiger partial charge on any atom is -0.407 e. The van der Waals surface area contributed by atoms with E-state index < -0.39 is 5.97 Å². The van der Waals surface area contributed by atoms with Gasteiger partial charge in [0, 0.05) is 19.7 Å². The number of nitrogens with one attached hydrogen (secondary N) is 1. The van der Waals surface area contributed by atoms with E-state index in [-0.39, 0.29) is 17.6 Å². The van der Waals surface area contributed by atoms with Gasteiger partial charge in [-0.1, -0.05) is 12.1 Å². The van der Waals surface area contributed by atoms with Crippen molar-refractivity contribution >= 4 is 28.3 Å². The highest BCUT2D eigenvalue weighted by atomic mass is 32.1. The van der Waals surface area contributed by atoms with Crippen molar-refractivity contribution in [2.75, 3.05) is 5.32 Å². The summed E-state index contributed by atoms with van der Waals surface area (Å²) in [6.45, 7) is 1.71. The Morgan fingerprint density at radius 2 is 2.04 bits per heavy atom. The number of hydrogen-bond acceptors (Lipinski definition) is 5. The van der Waals surface area contributed by atoms with Crippen LogP contribution in [-0.4, -0.2) is 21.4 Å². The van der Waals surface area contributed by atoms with E-state index in [4.69, 9.17) is 4.74 Å². The number of benzene rings is 1. The molecule has 0 bridgehead atoms. The lowest BCUT2D eigenvalue weighted by atomic mass is 10.2. The Balaban J connectivity index is 1.70. The van der Waals surface area contributed by atoms with Crippen molar-refractivity contribution in [1.82, 2.24) is 9.55 Å². The number of thiazole rings is 1. The quantitative estimate of drug-likeness (QED) is 0.710. The molecule has 0 fully saturated rings. The minimum absolute atomic E-state index is 0.148. The minimum atomic E-state index is -0.476. The molecule has 0 saturated carbocycles. The molecule has 8 heteroatoms. The predicted molar refractivity (Wildman–Crippen MR) is 91.3 cm³/mol. The van der Waals surface area contributed by atoms with Gasteiger partial charge in [0.05, 0.1) is 5.38 Å². The van der Waals surface area contributed by atoms with Crippen LogP contribution in [0.4, 0.5) is 9.52 Å². The van der Waals surface area contributed by atoms with E-state index >= 15 is 0 Å². The highest BCUT2D eigenvalue weighted by molar-refractivity contribution is 7.14. The molecule has 0 aliphatic carbocycles. The van der Waals surface area contributed by atoms with Crippen LogP contribution in [0.25, 0.3) is 0 Å². The molecule has 1 amide bonds. The second kappa shape index (κ2) is 7.27. The zero-order valence-corrected chi connectivity index (χ0v) is 14.0. The lowest BCUT2D eigenvalue weighted by Crippen LogP contribution is -2.17. The topological polar surface area (TPSA) is 73.2 Å². The van der Waals surface area contributed by atoms with Crippen LogP contribution < -0.4 is 10.1 Å². The van der Waals surface area contributed by atoms with Crippen LogP contribution in [-0.2, 0) is 11.3 Å². The number of esters is 1. The maximum atomic E-state index is 13.0. The van der Waals surface area contributed by atoms with Crippen LogP contribution in [0.15, 0.2) is 48.0 Å². The van der Waals surface area contributed by atoms with Crippen molar-refractivity contribution in [3.63, 3.8) is 0 Å². The lowest BCUT2D eigenvalue weighted by molar-refractivity contribution is -0.132. The fourth-order valence-electron chi connectivity index (χ4n) is 2.22. The van der Waals surface area contributed by atoms with Crippen molar-refractivity contribution in [3.05, 3.63) is 65.0 Å². The molecule has 3 aromatic rings. The number of halogens is 1. The van der Waals surface area contributed by atoms with Gasteiger partial charge in [0.25, 0.3) is 5.91 Å². The number of aromatic nitrogens is 2. The van der Waals surface area contributed by atoms with Crippen molar-refractivity contribution in [3.8, 4) is 5.88 Å². The largest absolute Gasteiger partial charge is 0.407 e. The zero-order chi connectivity index (χ0) is 17.8. The molecule has 3 rings (SSSR count). The Hall–Kier alpha value is -3.00. The first-order valence-electron chi connectivity index (χ1n) is 7.36. The first-order valence-corrected chi connectivity index (χ1v) is 8.24. The summed E-state index contributed by atoms with van der Waals surface area (Å²) in [6.07, 6.45) is 1.77. The normalized spacial score (nSPS) is 10.5. The van der Waals surface area contributed by atoms with Crippen molar-refractivity contribution in [2.45, 2.75) is 13.5 Å². The van der Waals surface area contributed by atoms with Crippen molar-refractivity contribution in [1.29, 1.82) is 0 Å². The Morgan fingerprint density at radius 1 is 1.28 bits per heavy atom. The summed E-state index contributed by atoms with van der Waals surface area (Å²) in [5.41, 5.74) is 1.31. The van der Waals surface area contributed by atoms with Crippen LogP contribution in [0.1, 0.15) is 23.0 Å². The first kappa shape index (κ1) is 16.8. The number of rotatable bonds is 5. The van der Waals surface area contributed by atoms with Gasteiger partial charge in [-0.2, -0.15) is 4.98 Å². The van der Waals surface area contributed by atoms with Gasteiger partial charge in [0.2, 0.25) is 5.88 Å². The molecule has 2 aromatic heterocycles. The summed E-state index contributed by atoms with van der Waals surface area (Å²) < 4.78 is 19.6. The number of hydrogen-bond donors (Lipinski definition) is 1. The lowest BCUT2D eigenvalue weighted by Gasteiger charge is -2.09. The van der Waals surface area contributed by atoms with Crippen molar-refractivity contribution < 1.29 is 18.7 Å². The monoisotopic (exact) mass is 359 g/mol. The van der Waals surface area contributed by atoms with Gasteiger partial charge in [-0.3, -0.25) is 14.9 Å². The molecule has 0 saturated heterocycles. The summed E-state index contributed by atoms with van der Waals surface area (Å²) in [5.74, 6) is -0.969. The Morgan fingerprint density at radius 3 is 2.76 bits per heavy atom. The molecule has 0 atom stereocenters. The number of anilines is 1. The van der Waals surface area contributed by atoms with Gasteiger partial charge in [0.15, 0.2) is 5.13 Å². The Labute approximate surface area is 146 Å². The average Bonchev–Trinajstić information content (AvgIpc) is 3.18. The molecule has 1 N–H and O–H groups in total. The third-order valence-corrected chi connectivity index (χ3v) is 4.02. The summed E-state index contributed by atoms with van der Waals surface area (Å²) in [6, 6.07) is 9.53. The average molecular weight is 359 g/mol. The predicted octanol–water partition coefficient (Wildman–Crippen LogP) is 3.31. The third kappa shape index (κ3) is 4.30. The molecule has 0 aliphatic rings. The third-order valence-electron chi connectivity index (χ3n) is 3.28. The maximum Gasteiger partial charge on any atom is 0.309 e. The second-order valence-corrected chi connectivity index (χ2v) is 6.04. The van der Waals surface area contributed by atoms with E-state index in [1.807, 2.05) is 0 Å². The Kier molecular flexibility index (Phi) is 4.90. The maximum absolute atomic E-state index is 13.0. The van der Waals surface area contributed by atoms with Crippen LogP contribution in [0.3, 0.4) is 0 Å². The number of carbonyl (C=O) groups is 2. The highest BCUT2D eigenvalue weighted by Crippen LogP contribution is 2.22. The summed E-state index contributed by atoms with van der Waals surface area (Å²) >= 11 is 1.16. The molecule has 0 spiro atoms. The number of amides is 1. The van der Waals surface area contributed by atoms with Crippen LogP contribution in [0.5, 0.6) is 5.88 Å². The van der Waals surface area contributed by atoms with E-state index in [2.05, 4.69) is 10.3 Å². The van der Waals surface area contributed by atoms with E-state index in [1.165, 1.54) is 24.4 Å². The first-order chi connectivity index (χ1) is 12.0. The van der Waals surface area contributed by atoms with Gasteiger partial charge < -0.3 is 9.30 Å². The van der Waals surface area contributed by atoms with Gasteiger partial charge in [-0.25, -0.2) is 4.39 Å². The van der Waals surface area contributed by atoms with E-state index in [9.17, 15) is 14.0 Å². The molecular formula is C17H14FN3O3S. The fraction of sp³-hybridized carbons (Fsp3) is 0.118. The van der Waals surface area contributed by atoms with Crippen molar-refractivity contribution in [2.24, 2.45) is 0 Å². The van der Waals surface area contributed by atoms with Gasteiger partial charge >= 0.3 is 5.97 Å². The van der Waals surface area contributed by atoms with Gasteiger partial charge in [-0.15, -0.1) is 11.3 Å². The molecular weight excluding hydrogens is 345 g/mol. The molecule has 128 valence electrons. The molecule has 6 nitrogen and oxygen atoms in total. The number of ether oxygens (including phenoxy) is 1. The Bertz CT molecular complexity index is 902. The van der Waals surface area contributed by atoms with E-state index in [0.29, 0.717) is 17.4 Å². The number of carbonyl (C=O) groups excluding carboxylic acids is 2. The number of nitrogens with zero attached hydrogens (tertiary/aromatic N) is 2. The zero-order valence-electron chi connectivity index (χ0n) is 13.2. The summed E-state index contributed by atoms with van der Waals surface area (Å²) in [5, 5.41) is 4.54. The molecule has 2 heterocycles. The summed E-state index contributed by atoms with van der Waals surface area (Å²) in [4.78, 5) is 27.4. The standard InChI is InChI=1S/C17H14FN3O3S/c1-11(22)24-15-10-25-17(19-15)20-16(23)14-3-2-8-21(14)9-12-4-6-13(18)7-5-12/h2-8,10H,9H2,1H3,(H,19,20,23). The van der Waals surface area contributed by atoms with Gasteiger partial charge in [-0.05, 0) is 29.8 Å². The SMILES string of the molecule is CC(=O)Oc1csc(NC(=O)c2cccn2Cc2ccc(F)cc2)n1. The van der Waals surface area contributed by atoms with Crippen LogP contribution in [0.2, 0.25) is 0 Å². The van der Waals surface area contributed by atoms with Crippen LogP contribution >= 0.6 is 11.3 Å². The molecule has 0 radical (unpaired) electrons. The molecule has 25 heavy (non-hydrogen) atoms. The smallest absolute Gasteiger partial charge is 0.309 e. The fourth-order valence-corrected chi connectivity index (χ4v) is 2.82. The summed E-state index contributed by atoms with van der Waals surface area (Å²) in [7, 11) is 0. The molecule has 0 unspecified atom stereocenters. The van der Waals surface area contributed by atoms with E-state index in [1.54, 1.807) is 35.0 Å². The van der Waals surface area contributed by atoms with Crippen LogP contribution in [0, 0.1) is 5.82 Å². The van der Waals surface area contributed by atoms with Gasteiger partial charge in [0.1, 0.15) is 11.5 Å². The second-order valence-electron chi connectivity index (χ2n) is 5.19. The molecule has 0 aliphatic heterocycles.